The fourth-order valence-electron chi connectivity index (χ4n) is 3.11. The Morgan fingerprint density at radius 1 is 1.00 bits per heavy atom. The van der Waals surface area contributed by atoms with Gasteiger partial charge in [-0.15, -0.1) is 0 Å². The molecule has 0 unspecified atom stereocenters. The van der Waals surface area contributed by atoms with Gasteiger partial charge in [-0.2, -0.15) is 13.2 Å². The zero-order valence-corrected chi connectivity index (χ0v) is 15.6. The highest BCUT2D eigenvalue weighted by molar-refractivity contribution is 7.85. The smallest absolute Gasteiger partial charge is 0.416 e. The first-order chi connectivity index (χ1) is 13.4. The van der Waals surface area contributed by atoms with E-state index in [0.29, 0.717) is 17.2 Å². The lowest BCUT2D eigenvalue weighted by molar-refractivity contribution is -0.137. The van der Waals surface area contributed by atoms with E-state index in [0.717, 1.165) is 36.5 Å². The Morgan fingerprint density at radius 3 is 2.39 bits per heavy atom. The molecule has 0 amide bonds. The van der Waals surface area contributed by atoms with Crippen molar-refractivity contribution in [2.45, 2.75) is 6.18 Å². The predicted octanol–water partition coefficient (Wildman–Crippen LogP) is 4.60. The van der Waals surface area contributed by atoms with Crippen LogP contribution in [0.3, 0.4) is 0 Å². The summed E-state index contributed by atoms with van der Waals surface area (Å²) < 4.78 is 55.6. The molecule has 0 aliphatic carbocycles. The zero-order chi connectivity index (χ0) is 19.7. The largest absolute Gasteiger partial charge is 0.444 e. The van der Waals surface area contributed by atoms with Gasteiger partial charge in [-0.3, -0.25) is 4.21 Å². The molecule has 146 valence electrons. The molecule has 1 saturated heterocycles. The van der Waals surface area contributed by atoms with Crippen LogP contribution in [-0.4, -0.2) is 33.8 Å². The number of oxazole rings is 1. The van der Waals surface area contributed by atoms with Gasteiger partial charge in [-0.1, -0.05) is 18.2 Å². The number of aromatic nitrogens is 1. The van der Waals surface area contributed by atoms with Gasteiger partial charge in [0.15, 0.2) is 0 Å². The van der Waals surface area contributed by atoms with Crippen molar-refractivity contribution in [3.8, 4) is 22.7 Å². The number of alkyl halides is 3. The summed E-state index contributed by atoms with van der Waals surface area (Å²) >= 11 is 0. The van der Waals surface area contributed by atoms with Crippen molar-refractivity contribution in [3.63, 3.8) is 0 Å². The molecule has 1 aliphatic heterocycles. The van der Waals surface area contributed by atoms with Crippen molar-refractivity contribution < 1.29 is 21.8 Å². The van der Waals surface area contributed by atoms with Gasteiger partial charge in [0.2, 0.25) is 5.89 Å². The monoisotopic (exact) mass is 406 g/mol. The maximum absolute atomic E-state index is 12.9. The minimum Gasteiger partial charge on any atom is -0.444 e. The summed E-state index contributed by atoms with van der Waals surface area (Å²) in [4.78, 5) is 6.52. The second kappa shape index (κ2) is 7.43. The summed E-state index contributed by atoms with van der Waals surface area (Å²) in [6.07, 6.45) is -2.98. The number of rotatable bonds is 3. The summed E-state index contributed by atoms with van der Waals surface area (Å²) in [5.74, 6) is 1.49. The maximum Gasteiger partial charge on any atom is 0.416 e. The van der Waals surface area contributed by atoms with Crippen LogP contribution in [0.4, 0.5) is 18.9 Å². The summed E-state index contributed by atoms with van der Waals surface area (Å²) in [5, 5.41) is 0. The van der Waals surface area contributed by atoms with Gasteiger partial charge in [-0.05, 0) is 30.3 Å². The highest BCUT2D eigenvalue weighted by Gasteiger charge is 2.30. The van der Waals surface area contributed by atoms with Crippen LogP contribution in [0.2, 0.25) is 0 Å². The lowest BCUT2D eigenvalue weighted by Crippen LogP contribution is -2.37. The third kappa shape index (κ3) is 3.96. The first-order valence-electron chi connectivity index (χ1n) is 8.74. The van der Waals surface area contributed by atoms with E-state index in [-0.39, 0.29) is 11.5 Å². The molecule has 28 heavy (non-hydrogen) atoms. The molecule has 4 nitrogen and oxygen atoms in total. The molecule has 2 aromatic carbocycles. The van der Waals surface area contributed by atoms with Crippen LogP contribution in [0.5, 0.6) is 0 Å². The van der Waals surface area contributed by atoms with Crippen molar-refractivity contribution >= 4 is 16.5 Å². The fraction of sp³-hybridized carbons (Fsp3) is 0.250. The van der Waals surface area contributed by atoms with Crippen molar-refractivity contribution in [2.75, 3.05) is 29.5 Å². The van der Waals surface area contributed by atoms with E-state index in [1.165, 1.54) is 18.4 Å². The minimum absolute atomic E-state index is 0.142. The maximum atomic E-state index is 12.9. The fourth-order valence-corrected chi connectivity index (χ4v) is 4.16. The predicted molar refractivity (Wildman–Crippen MR) is 102 cm³/mol. The van der Waals surface area contributed by atoms with Gasteiger partial charge in [0.25, 0.3) is 0 Å². The molecule has 0 saturated carbocycles. The third-order valence-corrected chi connectivity index (χ3v) is 5.92. The third-order valence-electron chi connectivity index (χ3n) is 4.65. The van der Waals surface area contributed by atoms with Gasteiger partial charge in [-0.25, -0.2) is 4.98 Å². The summed E-state index contributed by atoms with van der Waals surface area (Å²) in [6, 6.07) is 12.6. The topological polar surface area (TPSA) is 46.3 Å². The Morgan fingerprint density at radius 2 is 1.71 bits per heavy atom. The van der Waals surface area contributed by atoms with Gasteiger partial charge < -0.3 is 9.32 Å². The Labute approximate surface area is 162 Å². The first-order valence-corrected chi connectivity index (χ1v) is 10.2. The lowest BCUT2D eigenvalue weighted by atomic mass is 10.1. The van der Waals surface area contributed by atoms with E-state index in [2.05, 4.69) is 9.88 Å². The van der Waals surface area contributed by atoms with Crippen LogP contribution < -0.4 is 4.90 Å². The molecule has 1 aliphatic rings. The molecular weight excluding hydrogens is 389 g/mol. The van der Waals surface area contributed by atoms with Crippen molar-refractivity contribution in [1.29, 1.82) is 0 Å². The van der Waals surface area contributed by atoms with Crippen LogP contribution >= 0.6 is 0 Å². The number of anilines is 1. The Hall–Kier alpha value is -2.61. The molecule has 0 N–H and O–H groups in total. The second-order valence-electron chi connectivity index (χ2n) is 6.50. The number of halogens is 3. The van der Waals surface area contributed by atoms with Crippen LogP contribution in [0.25, 0.3) is 22.7 Å². The van der Waals surface area contributed by atoms with E-state index >= 15 is 0 Å². The Balaban J connectivity index is 1.54. The molecular formula is C20H17F3N2O2S. The average molecular weight is 406 g/mol. The van der Waals surface area contributed by atoms with E-state index in [1.54, 1.807) is 0 Å². The Bertz CT molecular complexity index is 989. The number of benzene rings is 2. The molecule has 1 fully saturated rings. The summed E-state index contributed by atoms with van der Waals surface area (Å²) in [5.41, 5.74) is 1.95. The molecule has 0 atom stereocenters. The van der Waals surface area contributed by atoms with Crippen molar-refractivity contribution in [1.82, 2.24) is 4.98 Å². The van der Waals surface area contributed by atoms with Crippen LogP contribution in [-0.2, 0) is 17.0 Å². The molecule has 0 radical (unpaired) electrons. The van der Waals surface area contributed by atoms with Crippen LogP contribution in [0.1, 0.15) is 5.56 Å². The standard InChI is InChI=1S/C20H17F3N2O2S/c21-20(22,23)16-3-1-2-15(12-16)19-24-18(13-27-19)14-4-6-17(7-5-14)25-8-10-28(26)11-9-25/h1-7,12-13H,8-11H2. The molecule has 1 aromatic heterocycles. The zero-order valence-electron chi connectivity index (χ0n) is 14.8. The van der Waals surface area contributed by atoms with Gasteiger partial charge in [0.05, 0.1) is 5.56 Å². The quantitative estimate of drug-likeness (QED) is 0.638. The van der Waals surface area contributed by atoms with E-state index in [9.17, 15) is 17.4 Å². The normalized spacial score (nSPS) is 15.8. The number of hydrogen-bond acceptors (Lipinski definition) is 4. The molecule has 4 rings (SSSR count). The van der Waals surface area contributed by atoms with Gasteiger partial charge >= 0.3 is 6.18 Å². The Kier molecular flexibility index (Phi) is 4.97. The van der Waals surface area contributed by atoms with Gasteiger partial charge in [0.1, 0.15) is 12.0 Å². The molecule has 8 heteroatoms. The van der Waals surface area contributed by atoms with Crippen molar-refractivity contribution in [2.24, 2.45) is 0 Å². The molecule has 0 spiro atoms. The van der Waals surface area contributed by atoms with Crippen LogP contribution in [0, 0.1) is 0 Å². The van der Waals surface area contributed by atoms with Crippen molar-refractivity contribution in [3.05, 3.63) is 60.4 Å². The number of hydrogen-bond donors (Lipinski definition) is 0. The second-order valence-corrected chi connectivity index (χ2v) is 8.19. The summed E-state index contributed by atoms with van der Waals surface area (Å²) in [6.45, 7) is 1.52. The average Bonchev–Trinajstić information content (AvgIpc) is 3.18. The molecule has 2 heterocycles. The van der Waals surface area contributed by atoms with Gasteiger partial charge in [0, 0.05) is 52.2 Å². The number of nitrogens with zero attached hydrogens (tertiary/aromatic N) is 2. The highest BCUT2D eigenvalue weighted by atomic mass is 32.2. The van der Waals surface area contributed by atoms with E-state index in [4.69, 9.17) is 4.42 Å². The molecule has 3 aromatic rings. The van der Waals surface area contributed by atoms with Crippen LogP contribution in [0.15, 0.2) is 59.2 Å². The molecule has 0 bridgehead atoms. The lowest BCUT2D eigenvalue weighted by Gasteiger charge is -2.28. The highest BCUT2D eigenvalue weighted by Crippen LogP contribution is 2.33. The minimum atomic E-state index is -4.41. The first kappa shape index (κ1) is 18.7. The summed E-state index contributed by atoms with van der Waals surface area (Å²) in [7, 11) is -0.726. The van der Waals surface area contributed by atoms with E-state index in [1.807, 2.05) is 24.3 Å². The van der Waals surface area contributed by atoms with E-state index < -0.39 is 22.5 Å². The SMILES string of the molecule is O=S1CCN(c2ccc(-c3coc(-c4cccc(C(F)(F)F)c4)n3)cc2)CC1.